The largest absolute Gasteiger partial charge is 0.493 e. The maximum absolute atomic E-state index is 12.5. The van der Waals surface area contributed by atoms with Crippen molar-refractivity contribution in [3.63, 3.8) is 0 Å². The van der Waals surface area contributed by atoms with Gasteiger partial charge >= 0.3 is 0 Å². The van der Waals surface area contributed by atoms with Crippen LogP contribution in [0.4, 0.5) is 5.69 Å². The van der Waals surface area contributed by atoms with Crippen molar-refractivity contribution in [2.45, 2.75) is 18.6 Å². The Morgan fingerprint density at radius 2 is 1.93 bits per heavy atom. The summed E-state index contributed by atoms with van der Waals surface area (Å²) in [6.45, 7) is 6.41. The molecule has 3 rings (SSSR count). The summed E-state index contributed by atoms with van der Waals surface area (Å²) in [5, 5.41) is 12.2. The molecule has 0 fully saturated rings. The number of carbonyl (C=O) groups is 1. The van der Waals surface area contributed by atoms with Gasteiger partial charge in [-0.2, -0.15) is 0 Å². The number of rotatable bonds is 9. The Labute approximate surface area is 180 Å². The van der Waals surface area contributed by atoms with Crippen molar-refractivity contribution in [2.24, 2.45) is 0 Å². The summed E-state index contributed by atoms with van der Waals surface area (Å²) in [6, 6.07) is 13.2. The van der Waals surface area contributed by atoms with Gasteiger partial charge in [0, 0.05) is 23.9 Å². The Kier molecular flexibility index (Phi) is 7.13. The first-order valence-corrected chi connectivity index (χ1v) is 10.3. The molecule has 2 aromatic carbocycles. The van der Waals surface area contributed by atoms with Crippen LogP contribution in [0.2, 0.25) is 0 Å². The van der Waals surface area contributed by atoms with E-state index in [2.05, 4.69) is 22.1 Å². The second-order valence-corrected chi connectivity index (χ2v) is 7.37. The Bertz CT molecular complexity index is 1050. The van der Waals surface area contributed by atoms with Crippen LogP contribution in [0.25, 0.3) is 11.4 Å². The minimum atomic E-state index is -0.155. The van der Waals surface area contributed by atoms with E-state index in [9.17, 15) is 4.79 Å². The standard InChI is InChI=1S/C22H24N4O3S/c1-5-12-26-21(17-9-7-6-8-15(17)2)24-25-22(26)30-14-20(27)23-16-10-11-18(28-3)19(13-16)29-4/h5-11,13H,1,12,14H2,2-4H3,(H,23,27). The number of anilines is 1. The molecular formula is C22H24N4O3S. The number of hydrogen-bond donors (Lipinski definition) is 1. The Morgan fingerprint density at radius 3 is 2.63 bits per heavy atom. The first-order chi connectivity index (χ1) is 14.6. The van der Waals surface area contributed by atoms with Crippen LogP contribution in [0.3, 0.4) is 0 Å². The fourth-order valence-corrected chi connectivity index (χ4v) is 3.70. The lowest BCUT2D eigenvalue weighted by Gasteiger charge is -2.11. The molecule has 0 aliphatic heterocycles. The van der Waals surface area contributed by atoms with Crippen LogP contribution in [-0.4, -0.2) is 40.6 Å². The number of ether oxygens (including phenoxy) is 2. The molecule has 0 unspecified atom stereocenters. The quantitative estimate of drug-likeness (QED) is 0.410. The maximum Gasteiger partial charge on any atom is 0.234 e. The average molecular weight is 425 g/mol. The molecule has 1 heterocycles. The van der Waals surface area contributed by atoms with Gasteiger partial charge in [-0.1, -0.05) is 42.1 Å². The van der Waals surface area contributed by atoms with E-state index in [-0.39, 0.29) is 11.7 Å². The topological polar surface area (TPSA) is 78.3 Å². The SMILES string of the molecule is C=CCn1c(SCC(=O)Nc2ccc(OC)c(OC)c2)nnc1-c1ccccc1C. The second-order valence-electron chi connectivity index (χ2n) is 6.43. The number of nitrogens with one attached hydrogen (secondary N) is 1. The first kappa shape index (κ1) is 21.4. The van der Waals surface area contributed by atoms with Crippen LogP contribution in [-0.2, 0) is 11.3 Å². The summed E-state index contributed by atoms with van der Waals surface area (Å²) in [4.78, 5) is 12.5. The number of thioether (sulfide) groups is 1. The summed E-state index contributed by atoms with van der Waals surface area (Å²) in [7, 11) is 3.12. The Balaban J connectivity index is 1.72. The minimum Gasteiger partial charge on any atom is -0.493 e. The summed E-state index contributed by atoms with van der Waals surface area (Å²) in [6.07, 6.45) is 1.79. The third kappa shape index (κ3) is 4.83. The van der Waals surface area contributed by atoms with Gasteiger partial charge in [0.2, 0.25) is 5.91 Å². The number of carbonyl (C=O) groups excluding carboxylic acids is 1. The predicted molar refractivity (Wildman–Crippen MR) is 119 cm³/mol. The molecule has 0 saturated carbocycles. The van der Waals surface area contributed by atoms with Gasteiger partial charge in [0.25, 0.3) is 0 Å². The third-order valence-corrected chi connectivity index (χ3v) is 5.38. The highest BCUT2D eigenvalue weighted by atomic mass is 32.2. The van der Waals surface area contributed by atoms with Crippen molar-refractivity contribution < 1.29 is 14.3 Å². The smallest absolute Gasteiger partial charge is 0.234 e. The molecule has 0 spiro atoms. The predicted octanol–water partition coefficient (Wildman–Crippen LogP) is 4.19. The van der Waals surface area contributed by atoms with E-state index in [1.165, 1.54) is 11.8 Å². The Morgan fingerprint density at radius 1 is 1.17 bits per heavy atom. The fourth-order valence-electron chi connectivity index (χ4n) is 2.95. The van der Waals surface area contributed by atoms with Crippen molar-refractivity contribution in [1.82, 2.24) is 14.8 Å². The lowest BCUT2D eigenvalue weighted by Crippen LogP contribution is -2.14. The van der Waals surface area contributed by atoms with E-state index in [1.807, 2.05) is 35.8 Å². The number of amides is 1. The zero-order valence-electron chi connectivity index (χ0n) is 17.2. The van der Waals surface area contributed by atoms with Gasteiger partial charge in [-0.3, -0.25) is 9.36 Å². The zero-order valence-corrected chi connectivity index (χ0v) is 18.0. The Hall–Kier alpha value is -3.26. The molecule has 1 amide bonds. The molecule has 0 bridgehead atoms. The van der Waals surface area contributed by atoms with E-state index in [0.717, 1.165) is 17.0 Å². The molecule has 0 aliphatic rings. The number of methoxy groups -OCH3 is 2. The van der Waals surface area contributed by atoms with Crippen molar-refractivity contribution >= 4 is 23.4 Å². The van der Waals surface area contributed by atoms with Crippen molar-refractivity contribution in [2.75, 3.05) is 25.3 Å². The van der Waals surface area contributed by atoms with E-state index in [4.69, 9.17) is 9.47 Å². The maximum atomic E-state index is 12.5. The highest BCUT2D eigenvalue weighted by molar-refractivity contribution is 7.99. The van der Waals surface area contributed by atoms with E-state index in [0.29, 0.717) is 28.9 Å². The van der Waals surface area contributed by atoms with Crippen LogP contribution in [0.1, 0.15) is 5.56 Å². The molecule has 0 aliphatic carbocycles. The van der Waals surface area contributed by atoms with Gasteiger partial charge in [-0.05, 0) is 24.6 Å². The second kappa shape index (κ2) is 9.98. The molecule has 7 nitrogen and oxygen atoms in total. The molecule has 0 atom stereocenters. The van der Waals surface area contributed by atoms with Crippen molar-refractivity contribution in [1.29, 1.82) is 0 Å². The molecule has 1 N–H and O–H groups in total. The van der Waals surface area contributed by atoms with Crippen LogP contribution in [0, 0.1) is 6.92 Å². The van der Waals surface area contributed by atoms with Crippen LogP contribution >= 0.6 is 11.8 Å². The van der Waals surface area contributed by atoms with Gasteiger partial charge in [0.15, 0.2) is 22.5 Å². The lowest BCUT2D eigenvalue weighted by molar-refractivity contribution is -0.113. The first-order valence-electron chi connectivity index (χ1n) is 9.32. The van der Waals surface area contributed by atoms with E-state index < -0.39 is 0 Å². The molecule has 0 saturated heterocycles. The van der Waals surface area contributed by atoms with Gasteiger partial charge in [-0.25, -0.2) is 0 Å². The van der Waals surface area contributed by atoms with Crippen LogP contribution in [0.15, 0.2) is 60.3 Å². The molecule has 3 aromatic rings. The van der Waals surface area contributed by atoms with E-state index in [1.54, 1.807) is 38.5 Å². The highest BCUT2D eigenvalue weighted by Crippen LogP contribution is 2.30. The lowest BCUT2D eigenvalue weighted by atomic mass is 10.1. The molecule has 8 heteroatoms. The number of benzene rings is 2. The van der Waals surface area contributed by atoms with Crippen LogP contribution in [0.5, 0.6) is 11.5 Å². The summed E-state index contributed by atoms with van der Waals surface area (Å²) >= 11 is 1.33. The normalized spacial score (nSPS) is 10.5. The number of aromatic nitrogens is 3. The third-order valence-electron chi connectivity index (χ3n) is 4.41. The number of aryl methyl sites for hydroxylation is 1. The van der Waals surface area contributed by atoms with E-state index >= 15 is 0 Å². The van der Waals surface area contributed by atoms with Gasteiger partial charge in [0.1, 0.15) is 0 Å². The molecule has 0 radical (unpaired) electrons. The number of nitrogens with zero attached hydrogens (tertiary/aromatic N) is 3. The van der Waals surface area contributed by atoms with Crippen LogP contribution < -0.4 is 14.8 Å². The molecule has 1 aromatic heterocycles. The van der Waals surface area contributed by atoms with Gasteiger partial charge < -0.3 is 14.8 Å². The van der Waals surface area contributed by atoms with Crippen molar-refractivity contribution in [3.8, 4) is 22.9 Å². The monoisotopic (exact) mass is 424 g/mol. The van der Waals surface area contributed by atoms with Gasteiger partial charge in [-0.15, -0.1) is 16.8 Å². The number of hydrogen-bond acceptors (Lipinski definition) is 6. The summed E-state index contributed by atoms with van der Waals surface area (Å²) in [5.74, 6) is 1.95. The molecular weight excluding hydrogens is 400 g/mol. The summed E-state index contributed by atoms with van der Waals surface area (Å²) in [5.41, 5.74) is 2.75. The molecule has 156 valence electrons. The molecule has 30 heavy (non-hydrogen) atoms. The zero-order chi connectivity index (χ0) is 21.5. The number of allylic oxidation sites excluding steroid dienone is 1. The highest BCUT2D eigenvalue weighted by Gasteiger charge is 2.16. The minimum absolute atomic E-state index is 0.155. The summed E-state index contributed by atoms with van der Waals surface area (Å²) < 4.78 is 12.5. The average Bonchev–Trinajstić information content (AvgIpc) is 3.15. The fraction of sp³-hybridized carbons (Fsp3) is 0.227. The van der Waals surface area contributed by atoms with Crippen molar-refractivity contribution in [3.05, 3.63) is 60.7 Å². The van der Waals surface area contributed by atoms with Gasteiger partial charge in [0.05, 0.1) is 20.0 Å².